The summed E-state index contributed by atoms with van der Waals surface area (Å²) < 4.78 is 4.95. The molecule has 0 saturated carbocycles. The summed E-state index contributed by atoms with van der Waals surface area (Å²) in [6.45, 7) is 6.27. The number of hydrogen-bond donors (Lipinski definition) is 2. The summed E-state index contributed by atoms with van der Waals surface area (Å²) in [5, 5.41) is 5.64. The van der Waals surface area contributed by atoms with Crippen molar-refractivity contribution >= 4 is 17.7 Å². The lowest BCUT2D eigenvalue weighted by atomic mass is 10.0. The minimum Gasteiger partial charge on any atom is -0.450 e. The molecule has 0 aliphatic carbocycles. The van der Waals surface area contributed by atoms with Crippen molar-refractivity contribution in [2.75, 3.05) is 11.9 Å². The van der Waals surface area contributed by atoms with Crippen LogP contribution >= 0.6 is 0 Å². The summed E-state index contributed by atoms with van der Waals surface area (Å²) in [7, 11) is 0. The number of benzene rings is 2. The predicted octanol–water partition coefficient (Wildman–Crippen LogP) is 4.63. The van der Waals surface area contributed by atoms with Crippen molar-refractivity contribution in [3.8, 4) is 0 Å². The highest BCUT2D eigenvalue weighted by atomic mass is 16.5. The molecule has 5 heteroatoms. The van der Waals surface area contributed by atoms with E-state index >= 15 is 0 Å². The fraction of sp³-hybridized carbons (Fsp3) is 0.333. The van der Waals surface area contributed by atoms with Crippen LogP contribution in [-0.4, -0.2) is 18.6 Å². The molecule has 0 aliphatic heterocycles. The Labute approximate surface area is 154 Å². The van der Waals surface area contributed by atoms with Crippen molar-refractivity contribution in [3.05, 3.63) is 65.7 Å². The van der Waals surface area contributed by atoms with Crippen LogP contribution in [0.15, 0.2) is 54.6 Å². The van der Waals surface area contributed by atoms with E-state index in [0.29, 0.717) is 5.92 Å². The van der Waals surface area contributed by atoms with Crippen molar-refractivity contribution < 1.29 is 14.3 Å². The number of hydrogen-bond acceptors (Lipinski definition) is 3. The largest absolute Gasteiger partial charge is 0.450 e. The van der Waals surface area contributed by atoms with Gasteiger partial charge in [-0.1, -0.05) is 56.3 Å². The minimum atomic E-state index is -0.532. The first-order valence-electron chi connectivity index (χ1n) is 8.87. The Balaban J connectivity index is 2.04. The third kappa shape index (κ3) is 5.92. The fourth-order valence-electron chi connectivity index (χ4n) is 2.60. The average molecular weight is 354 g/mol. The molecule has 0 bridgehead atoms. The van der Waals surface area contributed by atoms with Gasteiger partial charge in [-0.15, -0.1) is 0 Å². The van der Waals surface area contributed by atoms with Crippen LogP contribution in [0, 0.1) is 0 Å². The number of carbonyl (C=O) groups is 2. The maximum atomic E-state index is 12.5. The highest BCUT2D eigenvalue weighted by Gasteiger charge is 2.19. The average Bonchev–Trinajstić information content (AvgIpc) is 2.62. The van der Waals surface area contributed by atoms with Gasteiger partial charge in [0.1, 0.15) is 0 Å². The lowest BCUT2D eigenvalue weighted by Gasteiger charge is -2.18. The van der Waals surface area contributed by atoms with Gasteiger partial charge in [0.2, 0.25) is 5.91 Å². The summed E-state index contributed by atoms with van der Waals surface area (Å²) in [4.78, 5) is 24.3. The van der Waals surface area contributed by atoms with Gasteiger partial charge in [0, 0.05) is 5.69 Å². The van der Waals surface area contributed by atoms with Crippen molar-refractivity contribution in [3.63, 3.8) is 0 Å². The van der Waals surface area contributed by atoms with E-state index in [9.17, 15) is 9.59 Å². The number of anilines is 1. The van der Waals surface area contributed by atoms with Crippen molar-refractivity contribution in [2.45, 2.75) is 39.2 Å². The third-order valence-corrected chi connectivity index (χ3v) is 4.02. The maximum Gasteiger partial charge on any atom is 0.407 e. The van der Waals surface area contributed by atoms with Gasteiger partial charge in [-0.2, -0.15) is 0 Å². The van der Waals surface area contributed by atoms with Gasteiger partial charge in [0.15, 0.2) is 0 Å². The SMILES string of the molecule is CCOC(=O)N[C@@H](CC(=O)Nc1ccc(C(C)C)cc1)c1ccccc1. The molecule has 0 aromatic heterocycles. The van der Waals surface area contributed by atoms with Crippen LogP contribution in [0.4, 0.5) is 10.5 Å². The highest BCUT2D eigenvalue weighted by Crippen LogP contribution is 2.20. The van der Waals surface area contributed by atoms with Crippen LogP contribution in [0.2, 0.25) is 0 Å². The highest BCUT2D eigenvalue weighted by molar-refractivity contribution is 5.91. The normalized spacial score (nSPS) is 11.7. The zero-order valence-electron chi connectivity index (χ0n) is 15.5. The molecule has 26 heavy (non-hydrogen) atoms. The number of alkyl carbamates (subject to hydrolysis) is 1. The van der Waals surface area contributed by atoms with E-state index in [-0.39, 0.29) is 18.9 Å². The fourth-order valence-corrected chi connectivity index (χ4v) is 2.60. The quantitative estimate of drug-likeness (QED) is 0.762. The molecule has 0 spiro atoms. The molecule has 5 nitrogen and oxygen atoms in total. The van der Waals surface area contributed by atoms with Crippen molar-refractivity contribution in [2.24, 2.45) is 0 Å². The molecule has 0 unspecified atom stereocenters. The van der Waals surface area contributed by atoms with E-state index in [1.54, 1.807) is 6.92 Å². The Morgan fingerprint density at radius 1 is 0.962 bits per heavy atom. The molecular formula is C21H26N2O3. The molecular weight excluding hydrogens is 328 g/mol. The van der Waals surface area contributed by atoms with Gasteiger partial charge < -0.3 is 15.4 Å². The van der Waals surface area contributed by atoms with Gasteiger partial charge in [0.25, 0.3) is 0 Å². The molecule has 0 saturated heterocycles. The van der Waals surface area contributed by atoms with Crippen LogP contribution < -0.4 is 10.6 Å². The van der Waals surface area contributed by atoms with E-state index in [2.05, 4.69) is 24.5 Å². The summed E-state index contributed by atoms with van der Waals surface area (Å²) in [5.41, 5.74) is 2.81. The first-order chi connectivity index (χ1) is 12.5. The second-order valence-corrected chi connectivity index (χ2v) is 6.36. The molecule has 2 aromatic carbocycles. The van der Waals surface area contributed by atoms with Crippen molar-refractivity contribution in [1.82, 2.24) is 5.32 Å². The van der Waals surface area contributed by atoms with Crippen LogP contribution in [0.25, 0.3) is 0 Å². The van der Waals surface area contributed by atoms with Gasteiger partial charge >= 0.3 is 6.09 Å². The zero-order valence-corrected chi connectivity index (χ0v) is 15.5. The lowest BCUT2D eigenvalue weighted by molar-refractivity contribution is -0.116. The smallest absolute Gasteiger partial charge is 0.407 e. The molecule has 0 radical (unpaired) electrons. The molecule has 0 heterocycles. The molecule has 2 rings (SSSR count). The van der Waals surface area contributed by atoms with Gasteiger partial charge in [0.05, 0.1) is 19.1 Å². The third-order valence-electron chi connectivity index (χ3n) is 4.02. The first kappa shape index (κ1) is 19.5. The Hall–Kier alpha value is -2.82. The van der Waals surface area contributed by atoms with E-state index in [1.807, 2.05) is 54.6 Å². The summed E-state index contributed by atoms with van der Waals surface area (Å²) in [5.74, 6) is 0.268. The van der Waals surface area contributed by atoms with Gasteiger partial charge in [-0.25, -0.2) is 4.79 Å². The van der Waals surface area contributed by atoms with Crippen molar-refractivity contribution in [1.29, 1.82) is 0 Å². The Morgan fingerprint density at radius 3 is 2.19 bits per heavy atom. The van der Waals surface area contributed by atoms with Crippen LogP contribution in [-0.2, 0) is 9.53 Å². The summed E-state index contributed by atoms with van der Waals surface area (Å²) >= 11 is 0. The van der Waals surface area contributed by atoms with Gasteiger partial charge in [-0.3, -0.25) is 4.79 Å². The second kappa shape index (κ2) is 9.61. The van der Waals surface area contributed by atoms with E-state index in [1.165, 1.54) is 5.56 Å². The Morgan fingerprint density at radius 2 is 1.62 bits per heavy atom. The molecule has 2 amide bonds. The molecule has 1 atom stereocenters. The maximum absolute atomic E-state index is 12.5. The lowest BCUT2D eigenvalue weighted by Crippen LogP contribution is -2.32. The first-order valence-corrected chi connectivity index (χ1v) is 8.87. The number of nitrogens with one attached hydrogen (secondary N) is 2. The van der Waals surface area contributed by atoms with E-state index < -0.39 is 12.1 Å². The number of ether oxygens (including phenoxy) is 1. The van der Waals surface area contributed by atoms with Crippen LogP contribution in [0.3, 0.4) is 0 Å². The van der Waals surface area contributed by atoms with Crippen LogP contribution in [0.1, 0.15) is 50.3 Å². The van der Waals surface area contributed by atoms with Gasteiger partial charge in [-0.05, 0) is 36.1 Å². The number of amides is 2. The molecule has 0 aliphatic rings. The van der Waals surface area contributed by atoms with Crippen LogP contribution in [0.5, 0.6) is 0 Å². The second-order valence-electron chi connectivity index (χ2n) is 6.36. The standard InChI is InChI=1S/C21H26N2O3/c1-4-26-21(25)23-19(17-8-6-5-7-9-17)14-20(24)22-18-12-10-16(11-13-18)15(2)3/h5-13,15,19H,4,14H2,1-3H3,(H,22,24)(H,23,25)/t19-/m0/s1. The predicted molar refractivity (Wildman–Crippen MR) is 103 cm³/mol. The summed E-state index contributed by atoms with van der Waals surface area (Å²) in [6, 6.07) is 16.7. The monoisotopic (exact) mass is 354 g/mol. The Bertz CT molecular complexity index is 712. The van der Waals surface area contributed by atoms with E-state index in [4.69, 9.17) is 4.74 Å². The molecule has 2 aromatic rings. The molecule has 2 N–H and O–H groups in total. The Kier molecular flexibility index (Phi) is 7.21. The summed E-state index contributed by atoms with van der Waals surface area (Å²) in [6.07, 6.45) is -0.412. The zero-order chi connectivity index (χ0) is 18.9. The number of carbonyl (C=O) groups excluding carboxylic acids is 2. The topological polar surface area (TPSA) is 67.4 Å². The van der Waals surface area contributed by atoms with E-state index in [0.717, 1.165) is 11.3 Å². The number of rotatable bonds is 7. The molecule has 0 fully saturated rings. The molecule has 138 valence electrons. The minimum absolute atomic E-state index is 0.120.